The number of nitrogens with one attached hydrogen (secondary N) is 1. The molecule has 3 N–H and O–H groups in total. The number of tetrazole rings is 1. The van der Waals surface area contributed by atoms with Crippen LogP contribution in [0.1, 0.15) is 29.6 Å². The summed E-state index contributed by atoms with van der Waals surface area (Å²) < 4.78 is 35.4. The van der Waals surface area contributed by atoms with Crippen LogP contribution in [0.3, 0.4) is 0 Å². The highest BCUT2D eigenvalue weighted by atomic mass is 35.5. The molecule has 0 saturated heterocycles. The summed E-state index contributed by atoms with van der Waals surface area (Å²) in [5.74, 6) is -0.000114. The van der Waals surface area contributed by atoms with Gasteiger partial charge in [-0.1, -0.05) is 17.7 Å². The molecule has 0 aliphatic rings. The van der Waals surface area contributed by atoms with Crippen LogP contribution in [0.15, 0.2) is 47.8 Å². The zero-order valence-corrected chi connectivity index (χ0v) is 21.6. The summed E-state index contributed by atoms with van der Waals surface area (Å²) >= 11 is 6.17. The van der Waals surface area contributed by atoms with E-state index in [1.165, 1.54) is 23.0 Å². The van der Waals surface area contributed by atoms with Gasteiger partial charge in [-0.15, -0.1) is 10.2 Å². The zero-order chi connectivity index (χ0) is 30.8. The van der Waals surface area contributed by atoms with Crippen LogP contribution in [-0.4, -0.2) is 49.1 Å². The summed E-state index contributed by atoms with van der Waals surface area (Å²) in [4.78, 5) is 31.2. The number of aromatic nitrogens is 10. The second-order valence-corrected chi connectivity index (χ2v) is 9.26. The second kappa shape index (κ2) is 9.13. The van der Waals surface area contributed by atoms with Gasteiger partial charge in [-0.2, -0.15) is 4.80 Å². The molecule has 5 aromatic heterocycles. The molecule has 1 atom stereocenters. The van der Waals surface area contributed by atoms with E-state index >= 15 is 0 Å². The molecule has 0 bridgehead atoms. The lowest BCUT2D eigenvalue weighted by Crippen LogP contribution is -2.21. The lowest BCUT2D eigenvalue weighted by Gasteiger charge is -2.21. The summed E-state index contributed by atoms with van der Waals surface area (Å²) in [6, 6.07) is 5.06. The van der Waals surface area contributed by atoms with Crippen LogP contribution in [0.4, 0.5) is 11.6 Å². The standard InChI is InChI=1S/C25H23ClN12O/c1-12-7-15(13(2)31-17-5-6-18(26)32-20(17)22-33-35-37(4)34-22)21-16(8-12)24(39)36(3)23-19(30-11-38(21)23)14-9-28-25(27)29-10-14/h5-11,13,31H,1-4H3,(H2,27,28,29)/i4D3,13D. The van der Waals surface area contributed by atoms with Gasteiger partial charge in [0.05, 0.1) is 31.0 Å². The molecule has 0 aliphatic carbocycles. The van der Waals surface area contributed by atoms with Crippen LogP contribution < -0.4 is 16.6 Å². The molecule has 0 radical (unpaired) electrons. The minimum atomic E-state index is -2.65. The number of nitrogens with zero attached hydrogens (tertiary/aromatic N) is 10. The molecule has 6 aromatic rings. The molecule has 0 spiro atoms. The van der Waals surface area contributed by atoms with E-state index in [9.17, 15) is 6.17 Å². The smallest absolute Gasteiger partial charge is 0.261 e. The molecule has 13 nitrogen and oxygen atoms in total. The molecule has 0 amide bonds. The lowest BCUT2D eigenvalue weighted by molar-refractivity contribution is 0.630. The van der Waals surface area contributed by atoms with Gasteiger partial charge in [0, 0.05) is 29.1 Å². The van der Waals surface area contributed by atoms with Gasteiger partial charge >= 0.3 is 0 Å². The van der Waals surface area contributed by atoms with Crippen molar-refractivity contribution in [3.8, 4) is 22.8 Å². The van der Waals surface area contributed by atoms with Gasteiger partial charge < -0.3 is 11.1 Å². The van der Waals surface area contributed by atoms with Gasteiger partial charge in [0.15, 0.2) is 0 Å². The number of anilines is 2. The first-order valence-electron chi connectivity index (χ1n) is 13.6. The van der Waals surface area contributed by atoms with E-state index in [1.54, 1.807) is 42.9 Å². The van der Waals surface area contributed by atoms with Gasteiger partial charge in [-0.05, 0) is 48.4 Å². The van der Waals surface area contributed by atoms with E-state index in [2.05, 4.69) is 40.7 Å². The number of benzene rings is 1. The zero-order valence-electron chi connectivity index (χ0n) is 24.9. The van der Waals surface area contributed by atoms with E-state index in [-0.39, 0.29) is 33.9 Å². The number of nitrogen functional groups attached to an aromatic ring is 1. The number of aryl methyl sites for hydroxylation is 3. The number of halogens is 1. The molecule has 1 aromatic carbocycles. The SMILES string of the molecule is [2H]C(C)(Nc1ccc(Cl)nc1-c1nnn(C([2H])([2H])[2H])n1)c1cc(C)cc2c(=O)n(C)c3c(-c4cnc(N)nc4)ncn3c12. The normalized spacial score (nSPS) is 15.0. The molecule has 5 heterocycles. The van der Waals surface area contributed by atoms with Gasteiger partial charge in [0.2, 0.25) is 11.8 Å². The van der Waals surface area contributed by atoms with Crippen LogP contribution in [0.25, 0.3) is 39.3 Å². The van der Waals surface area contributed by atoms with Crippen molar-refractivity contribution in [2.24, 2.45) is 14.0 Å². The number of rotatable bonds is 5. The number of hydrogen-bond donors (Lipinski definition) is 2. The number of hydrogen-bond acceptors (Lipinski definition) is 10. The topological polar surface area (TPSA) is 160 Å². The lowest BCUT2D eigenvalue weighted by atomic mass is 10.0. The van der Waals surface area contributed by atoms with Crippen molar-refractivity contribution in [3.63, 3.8) is 0 Å². The summed E-state index contributed by atoms with van der Waals surface area (Å²) in [7, 11) is 1.64. The van der Waals surface area contributed by atoms with Crippen LogP contribution in [0.2, 0.25) is 5.15 Å². The Bertz CT molecular complexity index is 2100. The molecular weight excluding hydrogens is 520 g/mol. The van der Waals surface area contributed by atoms with E-state index in [1.807, 2.05) is 6.92 Å². The fourth-order valence-electron chi connectivity index (χ4n) is 4.54. The van der Waals surface area contributed by atoms with Crippen LogP contribution in [-0.2, 0) is 14.0 Å². The first-order valence-corrected chi connectivity index (χ1v) is 12.0. The Kier molecular flexibility index (Phi) is 4.71. The van der Waals surface area contributed by atoms with E-state index in [4.69, 9.17) is 21.4 Å². The van der Waals surface area contributed by atoms with Gasteiger partial charge in [-0.25, -0.2) is 19.9 Å². The predicted molar refractivity (Wildman–Crippen MR) is 147 cm³/mol. The van der Waals surface area contributed by atoms with E-state index in [0.29, 0.717) is 38.2 Å². The van der Waals surface area contributed by atoms with Gasteiger partial charge in [-0.3, -0.25) is 13.8 Å². The van der Waals surface area contributed by atoms with Crippen molar-refractivity contribution >= 4 is 39.8 Å². The number of fused-ring (bicyclic) bond motifs is 3. The maximum atomic E-state index is 13.7. The molecule has 0 fully saturated rings. The third-order valence-electron chi connectivity index (χ3n) is 6.25. The fourth-order valence-corrected chi connectivity index (χ4v) is 4.69. The molecular formula is C25H23ClN12O. The summed E-state index contributed by atoms with van der Waals surface area (Å²) in [5.41, 5.74) is 8.88. The second-order valence-electron chi connectivity index (χ2n) is 8.87. The fraction of sp³-hybridized carbons (Fsp3) is 0.200. The molecule has 0 saturated carbocycles. The highest BCUT2D eigenvalue weighted by Crippen LogP contribution is 2.33. The molecule has 6 rings (SSSR count). The maximum absolute atomic E-state index is 13.7. The average molecular weight is 547 g/mol. The average Bonchev–Trinajstić information content (AvgIpc) is 3.61. The summed E-state index contributed by atoms with van der Waals surface area (Å²) in [6.45, 7) is 0.794. The Balaban J connectivity index is 1.55. The first-order chi connectivity index (χ1) is 20.2. The molecule has 14 heteroatoms. The van der Waals surface area contributed by atoms with Crippen molar-refractivity contribution in [2.45, 2.75) is 19.9 Å². The third kappa shape index (κ3) is 4.12. The van der Waals surface area contributed by atoms with Crippen LogP contribution in [0.5, 0.6) is 0 Å². The molecule has 1 unspecified atom stereocenters. The van der Waals surface area contributed by atoms with Crippen molar-refractivity contribution in [1.82, 2.24) is 49.1 Å². The largest absolute Gasteiger partial charge is 0.377 e. The molecule has 196 valence electrons. The third-order valence-corrected chi connectivity index (χ3v) is 6.46. The summed E-state index contributed by atoms with van der Waals surface area (Å²) in [6.07, 6.45) is 4.62. The van der Waals surface area contributed by atoms with Crippen molar-refractivity contribution in [3.05, 3.63) is 69.6 Å². The van der Waals surface area contributed by atoms with Crippen LogP contribution in [0, 0.1) is 6.92 Å². The summed E-state index contributed by atoms with van der Waals surface area (Å²) in [5, 5.41) is 15.0. The Morgan fingerprint density at radius 3 is 2.72 bits per heavy atom. The highest BCUT2D eigenvalue weighted by Gasteiger charge is 2.22. The minimum Gasteiger partial charge on any atom is -0.377 e. The van der Waals surface area contributed by atoms with Crippen molar-refractivity contribution in [1.29, 1.82) is 0 Å². The van der Waals surface area contributed by atoms with E-state index < -0.39 is 13.0 Å². The Hall–Kier alpha value is -4.91. The van der Waals surface area contributed by atoms with Gasteiger partial charge in [0.1, 0.15) is 28.5 Å². The van der Waals surface area contributed by atoms with E-state index in [0.717, 1.165) is 5.56 Å². The maximum Gasteiger partial charge on any atom is 0.261 e. The van der Waals surface area contributed by atoms with Crippen molar-refractivity contribution in [2.75, 3.05) is 11.1 Å². The Labute approximate surface area is 231 Å². The number of nitrogens with two attached hydrogens (primary N) is 1. The highest BCUT2D eigenvalue weighted by molar-refractivity contribution is 6.29. The monoisotopic (exact) mass is 546 g/mol. The molecule has 0 aliphatic heterocycles. The minimum absolute atomic E-state index is 0.0905. The van der Waals surface area contributed by atoms with Crippen LogP contribution >= 0.6 is 11.6 Å². The van der Waals surface area contributed by atoms with Gasteiger partial charge in [0.25, 0.3) is 5.56 Å². The quantitative estimate of drug-likeness (QED) is 0.308. The number of imidazole rings is 1. The Morgan fingerprint density at radius 1 is 1.18 bits per heavy atom. The molecule has 39 heavy (non-hydrogen) atoms. The number of pyridine rings is 1. The predicted octanol–water partition coefficient (Wildman–Crippen LogP) is 2.95. The first kappa shape index (κ1) is 20.1. The Morgan fingerprint density at radius 2 is 1.97 bits per heavy atom. The van der Waals surface area contributed by atoms with Crippen molar-refractivity contribution < 1.29 is 5.48 Å².